The normalized spacial score (nSPS) is 14.7. The molecule has 0 atom stereocenters. The molecule has 1 saturated heterocycles. The third kappa shape index (κ3) is 5.10. The van der Waals surface area contributed by atoms with Crippen LogP contribution in [0.15, 0.2) is 46.9 Å². The van der Waals surface area contributed by atoms with Crippen LogP contribution in [0.25, 0.3) is 11.0 Å². The monoisotopic (exact) mass is 420 g/mol. The van der Waals surface area contributed by atoms with Gasteiger partial charge < -0.3 is 14.9 Å². The summed E-state index contributed by atoms with van der Waals surface area (Å²) in [4.78, 5) is 15.9. The Balaban J connectivity index is 1.48. The molecule has 2 N–H and O–H groups in total. The number of benzene rings is 2. The van der Waals surface area contributed by atoms with Crippen molar-refractivity contribution in [1.82, 2.24) is 4.90 Å². The third-order valence-electron chi connectivity index (χ3n) is 6.01. The van der Waals surface area contributed by atoms with E-state index in [9.17, 15) is 4.79 Å². The molecule has 1 aromatic heterocycles. The number of hydrogen-bond donors (Lipinski definition) is 1. The average Bonchev–Trinajstić information content (AvgIpc) is 3.15. The molecule has 0 unspecified atom stereocenters. The largest absolute Gasteiger partial charge is 0.492 e. The fourth-order valence-electron chi connectivity index (χ4n) is 4.25. The lowest BCUT2D eigenvalue weighted by Crippen LogP contribution is -2.33. The highest BCUT2D eigenvalue weighted by Crippen LogP contribution is 2.31. The number of fused-ring (bicyclic) bond motifs is 1. The van der Waals surface area contributed by atoms with Gasteiger partial charge in [-0.1, -0.05) is 19.8 Å². The summed E-state index contributed by atoms with van der Waals surface area (Å²) >= 11 is 0. The standard InChI is InChI=1S/C26H32N2O3/c1-2-3-7-24-25(22-18-20(27)10-13-23(22)31-24)26(29)19-8-11-21(12-9-19)30-17-16-28-14-5-4-6-15-28/h8-13,18H,2-7,14-17,27H2,1H3. The number of aryl methyl sites for hydroxylation is 1. The molecule has 164 valence electrons. The van der Waals surface area contributed by atoms with E-state index in [1.54, 1.807) is 6.07 Å². The number of likely N-dealkylation sites (tertiary alicyclic amines) is 1. The molecule has 0 bridgehead atoms. The lowest BCUT2D eigenvalue weighted by Gasteiger charge is -2.26. The minimum atomic E-state index is -0.0321. The summed E-state index contributed by atoms with van der Waals surface area (Å²) < 4.78 is 11.9. The second-order valence-corrected chi connectivity index (χ2v) is 8.36. The van der Waals surface area contributed by atoms with Crippen LogP contribution in [-0.4, -0.2) is 36.9 Å². The van der Waals surface area contributed by atoms with Crippen molar-refractivity contribution in [2.45, 2.75) is 45.4 Å². The number of nitrogens with two attached hydrogens (primary N) is 1. The highest BCUT2D eigenvalue weighted by atomic mass is 16.5. The predicted molar refractivity (Wildman–Crippen MR) is 125 cm³/mol. The number of nitrogens with zero attached hydrogens (tertiary/aromatic N) is 1. The number of nitrogen functional groups attached to an aromatic ring is 1. The van der Waals surface area contributed by atoms with Gasteiger partial charge in [-0.2, -0.15) is 0 Å². The molecule has 5 nitrogen and oxygen atoms in total. The first kappa shape index (κ1) is 21.4. The zero-order valence-electron chi connectivity index (χ0n) is 18.4. The van der Waals surface area contributed by atoms with E-state index in [-0.39, 0.29) is 5.78 Å². The van der Waals surface area contributed by atoms with Crippen molar-refractivity contribution in [3.8, 4) is 5.75 Å². The Labute approximate surface area is 184 Å². The number of unbranched alkanes of at least 4 members (excludes halogenated alkanes) is 1. The molecule has 1 aliphatic heterocycles. The van der Waals surface area contributed by atoms with Gasteiger partial charge in [0.1, 0.15) is 23.7 Å². The summed E-state index contributed by atoms with van der Waals surface area (Å²) in [7, 11) is 0. The molecule has 2 aromatic carbocycles. The van der Waals surface area contributed by atoms with Crippen molar-refractivity contribution >= 4 is 22.4 Å². The Morgan fingerprint density at radius 1 is 1.10 bits per heavy atom. The van der Waals surface area contributed by atoms with Crippen LogP contribution in [0, 0.1) is 0 Å². The van der Waals surface area contributed by atoms with Gasteiger partial charge in [0.2, 0.25) is 0 Å². The van der Waals surface area contributed by atoms with Gasteiger partial charge in [0.15, 0.2) is 5.78 Å². The van der Waals surface area contributed by atoms with E-state index >= 15 is 0 Å². The summed E-state index contributed by atoms with van der Waals surface area (Å²) in [6.45, 7) is 6.08. The van der Waals surface area contributed by atoms with Gasteiger partial charge in [0.25, 0.3) is 0 Å². The van der Waals surface area contributed by atoms with Crippen LogP contribution < -0.4 is 10.5 Å². The van der Waals surface area contributed by atoms with Crippen molar-refractivity contribution in [1.29, 1.82) is 0 Å². The van der Waals surface area contributed by atoms with Gasteiger partial charge in [-0.3, -0.25) is 9.69 Å². The number of furan rings is 1. The first-order chi connectivity index (χ1) is 15.2. The molecule has 0 aliphatic carbocycles. The molecule has 2 heterocycles. The number of anilines is 1. The Morgan fingerprint density at radius 2 is 1.87 bits per heavy atom. The van der Waals surface area contributed by atoms with Crippen LogP contribution >= 0.6 is 0 Å². The van der Waals surface area contributed by atoms with E-state index in [1.807, 2.05) is 36.4 Å². The molecule has 0 saturated carbocycles. The average molecular weight is 421 g/mol. The van der Waals surface area contributed by atoms with Crippen molar-refractivity contribution in [2.75, 3.05) is 32.0 Å². The molecule has 3 aromatic rings. The fraction of sp³-hybridized carbons (Fsp3) is 0.423. The summed E-state index contributed by atoms with van der Waals surface area (Å²) in [6.07, 6.45) is 6.65. The van der Waals surface area contributed by atoms with E-state index in [2.05, 4.69) is 11.8 Å². The Kier molecular flexibility index (Phi) is 6.92. The first-order valence-electron chi connectivity index (χ1n) is 11.5. The molecule has 4 rings (SSSR count). The van der Waals surface area contributed by atoms with Gasteiger partial charge in [-0.25, -0.2) is 0 Å². The third-order valence-corrected chi connectivity index (χ3v) is 6.01. The second kappa shape index (κ2) is 10.0. The molecule has 5 heteroatoms. The quantitative estimate of drug-likeness (QED) is 0.368. The second-order valence-electron chi connectivity index (χ2n) is 8.36. The number of hydrogen-bond acceptors (Lipinski definition) is 5. The SMILES string of the molecule is CCCCc1oc2ccc(N)cc2c1C(=O)c1ccc(OCCN2CCCCC2)cc1. The zero-order valence-corrected chi connectivity index (χ0v) is 18.4. The Bertz CT molecular complexity index is 1020. The lowest BCUT2D eigenvalue weighted by atomic mass is 9.98. The molecule has 0 radical (unpaired) electrons. The number of piperidine rings is 1. The van der Waals surface area contributed by atoms with E-state index in [0.717, 1.165) is 42.7 Å². The van der Waals surface area contributed by atoms with Crippen molar-refractivity contribution in [3.05, 3.63) is 59.4 Å². The Morgan fingerprint density at radius 3 is 2.61 bits per heavy atom. The topological polar surface area (TPSA) is 68.7 Å². The minimum absolute atomic E-state index is 0.0321. The highest BCUT2D eigenvalue weighted by molar-refractivity contribution is 6.17. The first-order valence-corrected chi connectivity index (χ1v) is 11.5. The van der Waals surface area contributed by atoms with E-state index < -0.39 is 0 Å². The molecule has 1 aliphatic rings. The molecule has 31 heavy (non-hydrogen) atoms. The Hall–Kier alpha value is -2.79. The van der Waals surface area contributed by atoms with Crippen LogP contribution in [0.2, 0.25) is 0 Å². The fourth-order valence-corrected chi connectivity index (χ4v) is 4.25. The van der Waals surface area contributed by atoms with Gasteiger partial charge in [-0.05, 0) is 74.8 Å². The molecular formula is C26H32N2O3. The van der Waals surface area contributed by atoms with E-state index in [1.165, 1.54) is 32.4 Å². The van der Waals surface area contributed by atoms with E-state index in [0.29, 0.717) is 29.0 Å². The van der Waals surface area contributed by atoms with Gasteiger partial charge in [-0.15, -0.1) is 0 Å². The summed E-state index contributed by atoms with van der Waals surface area (Å²) in [5, 5.41) is 0.790. The van der Waals surface area contributed by atoms with Crippen molar-refractivity contribution in [3.63, 3.8) is 0 Å². The maximum absolute atomic E-state index is 13.4. The van der Waals surface area contributed by atoms with E-state index in [4.69, 9.17) is 14.9 Å². The molecule has 1 fully saturated rings. The van der Waals surface area contributed by atoms with Crippen molar-refractivity contribution in [2.24, 2.45) is 0 Å². The van der Waals surface area contributed by atoms with Gasteiger partial charge in [0, 0.05) is 29.6 Å². The van der Waals surface area contributed by atoms with Crippen LogP contribution in [0.1, 0.15) is 60.7 Å². The maximum Gasteiger partial charge on any atom is 0.197 e. The summed E-state index contributed by atoms with van der Waals surface area (Å²) in [5.41, 5.74) is 8.59. The van der Waals surface area contributed by atoms with Crippen LogP contribution in [0.4, 0.5) is 5.69 Å². The van der Waals surface area contributed by atoms with Gasteiger partial charge >= 0.3 is 0 Å². The van der Waals surface area contributed by atoms with Crippen LogP contribution in [0.5, 0.6) is 5.75 Å². The minimum Gasteiger partial charge on any atom is -0.492 e. The maximum atomic E-state index is 13.4. The van der Waals surface area contributed by atoms with Crippen molar-refractivity contribution < 1.29 is 13.9 Å². The van der Waals surface area contributed by atoms with Gasteiger partial charge in [0.05, 0.1) is 5.56 Å². The zero-order chi connectivity index (χ0) is 21.6. The highest BCUT2D eigenvalue weighted by Gasteiger charge is 2.22. The van der Waals surface area contributed by atoms with Crippen LogP contribution in [-0.2, 0) is 6.42 Å². The number of carbonyl (C=O) groups is 1. The lowest BCUT2D eigenvalue weighted by molar-refractivity contribution is 0.103. The number of ether oxygens (including phenoxy) is 1. The number of carbonyl (C=O) groups excluding carboxylic acids is 1. The summed E-state index contributed by atoms with van der Waals surface area (Å²) in [5.74, 6) is 1.51. The number of ketones is 1. The van der Waals surface area contributed by atoms with Crippen LogP contribution in [0.3, 0.4) is 0 Å². The summed E-state index contributed by atoms with van der Waals surface area (Å²) in [6, 6.07) is 12.9. The molecule has 0 amide bonds. The predicted octanol–water partition coefficient (Wildman–Crippen LogP) is 5.45. The smallest absolute Gasteiger partial charge is 0.197 e. The molecular weight excluding hydrogens is 388 g/mol. The number of rotatable bonds is 9. The molecule has 0 spiro atoms.